The van der Waals surface area contributed by atoms with Crippen molar-refractivity contribution in [2.45, 2.75) is 20.8 Å². The van der Waals surface area contributed by atoms with Crippen LogP contribution in [-0.4, -0.2) is 5.78 Å². The number of carbonyl (C=O) groups is 1. The fourth-order valence-corrected chi connectivity index (χ4v) is 2.53. The van der Waals surface area contributed by atoms with E-state index in [0.717, 1.165) is 0 Å². The second kappa shape index (κ2) is 6.19. The van der Waals surface area contributed by atoms with Gasteiger partial charge in [0.15, 0.2) is 16.8 Å². The third-order valence-electron chi connectivity index (χ3n) is 3.17. The quantitative estimate of drug-likeness (QED) is 0.585. The third-order valence-corrected chi connectivity index (χ3v) is 3.66. The molecule has 1 heterocycles. The number of fused-ring (bicyclic) bond motifs is 1. The fourth-order valence-electron chi connectivity index (χ4n) is 1.99. The van der Waals surface area contributed by atoms with Crippen molar-refractivity contribution in [2.24, 2.45) is 5.41 Å². The number of hydrogen-bond acceptors (Lipinski definition) is 4. The first kappa shape index (κ1) is 17.3. The molecule has 0 bridgehead atoms. The molecule has 0 radical (unpaired) electrons. The summed E-state index contributed by atoms with van der Waals surface area (Å²) < 4.78 is 5.36. The maximum Gasteiger partial charge on any atom is 0.200 e. The first-order valence-corrected chi connectivity index (χ1v) is 7.48. The summed E-state index contributed by atoms with van der Waals surface area (Å²) in [5.74, 6) is -0.358. The molecule has 2 rings (SSSR count). The van der Waals surface area contributed by atoms with Crippen molar-refractivity contribution in [3.63, 3.8) is 0 Å². The topological polar surface area (TPSA) is 71.1 Å². The van der Waals surface area contributed by atoms with Gasteiger partial charge in [0, 0.05) is 10.4 Å². The van der Waals surface area contributed by atoms with Crippen LogP contribution in [-0.2, 0) is 4.79 Å². The summed E-state index contributed by atoms with van der Waals surface area (Å²) in [6.07, 6.45) is 2.41. The van der Waals surface area contributed by atoms with Crippen LogP contribution in [0.5, 0.6) is 0 Å². The zero-order chi connectivity index (χ0) is 17.4. The zero-order valence-corrected chi connectivity index (χ0v) is 14.2. The number of hydrogen-bond donors (Lipinski definition) is 0. The molecule has 0 amide bonds. The second-order valence-electron chi connectivity index (χ2n) is 6.03. The highest BCUT2D eigenvalue weighted by molar-refractivity contribution is 6.38. The molecule has 0 aliphatic carbocycles. The van der Waals surface area contributed by atoms with Gasteiger partial charge in [-0.25, -0.2) is 0 Å². The largest absolute Gasteiger partial charge is 0.462 e. The molecule has 2 aromatic rings. The van der Waals surface area contributed by atoms with Crippen molar-refractivity contribution in [1.82, 2.24) is 0 Å². The van der Waals surface area contributed by atoms with Crippen LogP contribution < -0.4 is 5.43 Å². The van der Waals surface area contributed by atoms with Crippen LogP contribution in [0, 0.1) is 16.7 Å². The van der Waals surface area contributed by atoms with E-state index >= 15 is 0 Å². The molecule has 0 N–H and O–H groups in total. The Hall–Kier alpha value is -2.09. The van der Waals surface area contributed by atoms with Gasteiger partial charge in [-0.2, -0.15) is 5.26 Å². The number of nitriles is 1. The molecular formula is C17H13Cl2NO3. The molecule has 1 aromatic carbocycles. The minimum absolute atomic E-state index is 0.0879. The molecule has 1 aromatic heterocycles. The average Bonchev–Trinajstić information content (AvgIpc) is 2.45. The van der Waals surface area contributed by atoms with Crippen molar-refractivity contribution in [3.8, 4) is 6.07 Å². The Labute approximate surface area is 142 Å². The number of ketones is 1. The predicted octanol–water partition coefficient (Wildman–Crippen LogP) is 4.62. The Kier molecular flexibility index (Phi) is 4.65. The molecule has 0 saturated carbocycles. The lowest BCUT2D eigenvalue weighted by molar-refractivity contribution is -0.121. The number of carbonyl (C=O) groups excluding carboxylic acids is 1. The summed E-state index contributed by atoms with van der Waals surface area (Å²) in [7, 11) is 0. The van der Waals surface area contributed by atoms with Gasteiger partial charge in [-0.1, -0.05) is 44.0 Å². The van der Waals surface area contributed by atoms with E-state index in [1.165, 1.54) is 24.5 Å². The van der Waals surface area contributed by atoms with Crippen LogP contribution in [0.1, 0.15) is 26.3 Å². The predicted molar refractivity (Wildman–Crippen MR) is 90.6 cm³/mol. The van der Waals surface area contributed by atoms with Crippen molar-refractivity contribution in [3.05, 3.63) is 49.8 Å². The minimum atomic E-state index is -0.731. The number of allylic oxidation sites excluding steroid dienone is 1. The summed E-state index contributed by atoms with van der Waals surface area (Å²) in [4.78, 5) is 24.7. The zero-order valence-electron chi connectivity index (χ0n) is 12.7. The van der Waals surface area contributed by atoms with E-state index in [1.54, 1.807) is 20.8 Å². The summed E-state index contributed by atoms with van der Waals surface area (Å²) in [5, 5.41) is 9.90. The molecule has 23 heavy (non-hydrogen) atoms. The standard InChI is InChI=1S/C17H13Cl2NO3/c1-17(2,3)16(22)9(7-20)4-10-8-23-15-12(14(10)21)5-11(18)6-13(15)19/h4-6,8H,1-3H3/b9-4-. The maximum absolute atomic E-state index is 12.5. The minimum Gasteiger partial charge on any atom is -0.462 e. The van der Waals surface area contributed by atoms with Gasteiger partial charge >= 0.3 is 0 Å². The Balaban J connectivity index is 2.68. The van der Waals surface area contributed by atoms with Crippen molar-refractivity contribution < 1.29 is 9.21 Å². The van der Waals surface area contributed by atoms with Gasteiger partial charge in [-0.3, -0.25) is 9.59 Å². The molecule has 0 unspecified atom stereocenters. The monoisotopic (exact) mass is 349 g/mol. The normalized spacial score (nSPS) is 12.3. The molecule has 0 saturated heterocycles. The van der Waals surface area contributed by atoms with Crippen LogP contribution in [0.2, 0.25) is 10.0 Å². The SMILES string of the molecule is CC(C)(C)C(=O)/C(C#N)=C\c1coc2c(Cl)cc(Cl)cc2c1=O. The van der Waals surface area contributed by atoms with Crippen LogP contribution in [0.3, 0.4) is 0 Å². The van der Waals surface area contributed by atoms with Gasteiger partial charge in [-0.05, 0) is 18.2 Å². The van der Waals surface area contributed by atoms with E-state index in [-0.39, 0.29) is 32.9 Å². The summed E-state index contributed by atoms with van der Waals surface area (Å²) in [6, 6.07) is 4.73. The van der Waals surface area contributed by atoms with E-state index in [4.69, 9.17) is 27.6 Å². The Morgan fingerprint density at radius 2 is 1.96 bits per heavy atom. The number of nitrogens with zero attached hydrogens (tertiary/aromatic N) is 1. The second-order valence-corrected chi connectivity index (χ2v) is 6.88. The van der Waals surface area contributed by atoms with E-state index in [2.05, 4.69) is 0 Å². The molecule has 0 spiro atoms. The van der Waals surface area contributed by atoms with Crippen molar-refractivity contribution in [1.29, 1.82) is 5.26 Å². The maximum atomic E-state index is 12.5. The van der Waals surface area contributed by atoms with Gasteiger partial charge in [0.1, 0.15) is 12.3 Å². The van der Waals surface area contributed by atoms with Gasteiger partial charge in [0.2, 0.25) is 0 Å². The first-order valence-electron chi connectivity index (χ1n) is 6.72. The Bertz CT molecular complexity index is 928. The van der Waals surface area contributed by atoms with Gasteiger partial charge in [-0.15, -0.1) is 0 Å². The van der Waals surface area contributed by atoms with E-state index in [9.17, 15) is 14.9 Å². The van der Waals surface area contributed by atoms with Crippen molar-refractivity contribution >= 4 is 46.0 Å². The van der Waals surface area contributed by atoms with E-state index < -0.39 is 10.8 Å². The number of Topliss-reactive ketones (excluding diaryl/α,β-unsaturated/α-hetero) is 1. The van der Waals surface area contributed by atoms with Gasteiger partial charge in [0.25, 0.3) is 0 Å². The molecule has 4 nitrogen and oxygen atoms in total. The first-order chi connectivity index (χ1) is 10.6. The molecule has 0 aliphatic rings. The molecule has 0 atom stereocenters. The lowest BCUT2D eigenvalue weighted by Gasteiger charge is -2.15. The van der Waals surface area contributed by atoms with E-state index in [0.29, 0.717) is 5.02 Å². The van der Waals surface area contributed by atoms with Gasteiger partial charge < -0.3 is 4.42 Å². The van der Waals surface area contributed by atoms with Gasteiger partial charge in [0.05, 0.1) is 21.5 Å². The Morgan fingerprint density at radius 3 is 2.52 bits per heavy atom. The Morgan fingerprint density at radius 1 is 1.30 bits per heavy atom. The van der Waals surface area contributed by atoms with Crippen molar-refractivity contribution in [2.75, 3.05) is 0 Å². The van der Waals surface area contributed by atoms with Crippen LogP contribution in [0.15, 0.2) is 33.2 Å². The fraction of sp³-hybridized carbons (Fsp3) is 0.235. The highest BCUT2D eigenvalue weighted by Gasteiger charge is 2.25. The number of benzene rings is 1. The highest BCUT2D eigenvalue weighted by Crippen LogP contribution is 2.27. The summed E-state index contributed by atoms with van der Waals surface area (Å²) >= 11 is 11.9. The molecular weight excluding hydrogens is 337 g/mol. The average molecular weight is 350 g/mol. The smallest absolute Gasteiger partial charge is 0.200 e. The molecule has 0 aliphatic heterocycles. The number of halogens is 2. The highest BCUT2D eigenvalue weighted by atomic mass is 35.5. The summed E-state index contributed by atoms with van der Waals surface area (Å²) in [5.41, 5.74) is -0.961. The lowest BCUT2D eigenvalue weighted by Crippen LogP contribution is -2.21. The molecule has 0 fully saturated rings. The third kappa shape index (κ3) is 3.47. The summed E-state index contributed by atoms with van der Waals surface area (Å²) in [6.45, 7) is 5.09. The lowest BCUT2D eigenvalue weighted by atomic mass is 9.86. The molecule has 6 heteroatoms. The van der Waals surface area contributed by atoms with Crippen LogP contribution >= 0.6 is 23.2 Å². The van der Waals surface area contributed by atoms with E-state index in [1.807, 2.05) is 6.07 Å². The molecule has 118 valence electrons. The number of rotatable bonds is 2. The van der Waals surface area contributed by atoms with Crippen LogP contribution in [0.25, 0.3) is 17.0 Å². The van der Waals surface area contributed by atoms with Crippen LogP contribution in [0.4, 0.5) is 0 Å².